The quantitative estimate of drug-likeness (QED) is 0.522. The first-order valence-corrected chi connectivity index (χ1v) is 7.26. The molecule has 0 heterocycles. The Hall–Kier alpha value is -1.79. The van der Waals surface area contributed by atoms with Gasteiger partial charge in [0.2, 0.25) is 5.91 Å². The largest absolute Gasteiger partial charge is 0.480 e. The van der Waals surface area contributed by atoms with Gasteiger partial charge in [-0.25, -0.2) is 9.59 Å². The second kappa shape index (κ2) is 7.28. The lowest BCUT2D eigenvalue weighted by atomic mass is 9.87. The van der Waals surface area contributed by atoms with Crippen molar-refractivity contribution in [2.75, 3.05) is 6.54 Å². The van der Waals surface area contributed by atoms with Crippen LogP contribution in [0, 0.1) is 5.41 Å². The summed E-state index contributed by atoms with van der Waals surface area (Å²) in [6.45, 7) is 5.57. The monoisotopic (exact) mass is 299 g/mol. The summed E-state index contributed by atoms with van der Waals surface area (Å²) in [6.07, 6.45) is 2.99. The molecule has 0 spiro atoms. The summed E-state index contributed by atoms with van der Waals surface area (Å²) in [4.78, 5) is 34.2. The fourth-order valence-corrected chi connectivity index (χ4v) is 1.81. The lowest BCUT2D eigenvalue weighted by Gasteiger charge is -2.27. The number of amides is 3. The number of nitrogens with one attached hydrogen (secondary N) is 3. The summed E-state index contributed by atoms with van der Waals surface area (Å²) in [5, 5.41) is 17.0. The molecule has 1 atom stereocenters. The standard InChI is InChI=1S/C14H25N3O4/c1-14(2,3)11(12(19)20)17-13(21)15-8-4-5-10(18)16-9-6-7-9/h9,11H,4-8H2,1-3H3,(H,16,18)(H,19,20)(H2,15,17,21)/t11-/m1/s1. The molecule has 1 saturated carbocycles. The van der Waals surface area contributed by atoms with Gasteiger partial charge in [0.05, 0.1) is 0 Å². The molecule has 21 heavy (non-hydrogen) atoms. The molecule has 1 fully saturated rings. The number of rotatable bonds is 7. The Balaban J connectivity index is 2.20. The Morgan fingerprint density at radius 1 is 1.24 bits per heavy atom. The normalized spacial score (nSPS) is 16.0. The molecular formula is C14H25N3O4. The lowest BCUT2D eigenvalue weighted by molar-refractivity contribution is -0.141. The van der Waals surface area contributed by atoms with Crippen molar-refractivity contribution in [3.8, 4) is 0 Å². The summed E-state index contributed by atoms with van der Waals surface area (Å²) in [7, 11) is 0. The van der Waals surface area contributed by atoms with Crippen LogP contribution in [0.15, 0.2) is 0 Å². The van der Waals surface area contributed by atoms with Gasteiger partial charge in [-0.1, -0.05) is 20.8 Å². The highest BCUT2D eigenvalue weighted by atomic mass is 16.4. The zero-order valence-electron chi connectivity index (χ0n) is 12.9. The van der Waals surface area contributed by atoms with Gasteiger partial charge < -0.3 is 21.1 Å². The van der Waals surface area contributed by atoms with Crippen molar-refractivity contribution in [2.24, 2.45) is 5.41 Å². The van der Waals surface area contributed by atoms with Crippen molar-refractivity contribution in [3.63, 3.8) is 0 Å². The molecule has 3 amide bonds. The molecule has 0 bridgehead atoms. The molecule has 0 saturated heterocycles. The van der Waals surface area contributed by atoms with E-state index in [1.54, 1.807) is 20.8 Å². The van der Waals surface area contributed by atoms with Crippen LogP contribution in [0.2, 0.25) is 0 Å². The topological polar surface area (TPSA) is 108 Å². The predicted molar refractivity (Wildman–Crippen MR) is 77.8 cm³/mol. The van der Waals surface area contributed by atoms with Gasteiger partial charge in [0.1, 0.15) is 6.04 Å². The van der Waals surface area contributed by atoms with Crippen LogP contribution in [0.4, 0.5) is 4.79 Å². The molecule has 0 aromatic heterocycles. The van der Waals surface area contributed by atoms with E-state index in [-0.39, 0.29) is 5.91 Å². The van der Waals surface area contributed by atoms with Crippen molar-refractivity contribution in [1.29, 1.82) is 0 Å². The first kappa shape index (κ1) is 17.3. The second-order valence-corrected chi connectivity index (χ2v) is 6.48. The molecule has 120 valence electrons. The number of carbonyl (C=O) groups is 3. The van der Waals surface area contributed by atoms with Gasteiger partial charge in [-0.15, -0.1) is 0 Å². The molecular weight excluding hydrogens is 274 g/mol. The number of hydrogen-bond donors (Lipinski definition) is 4. The third-order valence-electron chi connectivity index (χ3n) is 3.20. The number of hydrogen-bond acceptors (Lipinski definition) is 3. The van der Waals surface area contributed by atoms with Gasteiger partial charge in [-0.3, -0.25) is 4.79 Å². The van der Waals surface area contributed by atoms with Crippen LogP contribution in [0.3, 0.4) is 0 Å². The van der Waals surface area contributed by atoms with Gasteiger partial charge in [0, 0.05) is 19.0 Å². The smallest absolute Gasteiger partial charge is 0.326 e. The number of aliphatic carboxylic acids is 1. The first-order valence-electron chi connectivity index (χ1n) is 7.26. The van der Waals surface area contributed by atoms with Crippen LogP contribution in [0.25, 0.3) is 0 Å². The van der Waals surface area contributed by atoms with E-state index < -0.39 is 23.5 Å². The molecule has 0 aromatic rings. The van der Waals surface area contributed by atoms with Gasteiger partial charge in [0.15, 0.2) is 0 Å². The highest BCUT2D eigenvalue weighted by molar-refractivity contribution is 5.83. The molecule has 1 aliphatic carbocycles. The zero-order chi connectivity index (χ0) is 16.0. The minimum atomic E-state index is -1.07. The van der Waals surface area contributed by atoms with Crippen LogP contribution in [-0.2, 0) is 9.59 Å². The van der Waals surface area contributed by atoms with E-state index in [0.29, 0.717) is 25.4 Å². The average Bonchev–Trinajstić information content (AvgIpc) is 3.13. The number of carboxylic acids is 1. The first-order chi connectivity index (χ1) is 9.70. The Morgan fingerprint density at radius 2 is 1.86 bits per heavy atom. The van der Waals surface area contributed by atoms with E-state index in [0.717, 1.165) is 12.8 Å². The summed E-state index contributed by atoms with van der Waals surface area (Å²) in [6, 6.07) is -1.15. The number of urea groups is 1. The Kier molecular flexibility index (Phi) is 5.99. The van der Waals surface area contributed by atoms with Crippen LogP contribution < -0.4 is 16.0 Å². The highest BCUT2D eigenvalue weighted by Gasteiger charge is 2.32. The minimum absolute atomic E-state index is 0.00203. The maximum atomic E-state index is 11.7. The summed E-state index contributed by atoms with van der Waals surface area (Å²) in [5.74, 6) is -1.07. The predicted octanol–water partition coefficient (Wildman–Crippen LogP) is 0.844. The summed E-state index contributed by atoms with van der Waals surface area (Å²) >= 11 is 0. The maximum absolute atomic E-state index is 11.7. The van der Waals surface area contributed by atoms with E-state index in [2.05, 4.69) is 16.0 Å². The molecule has 0 aromatic carbocycles. The Labute approximate surface area is 124 Å². The second-order valence-electron chi connectivity index (χ2n) is 6.48. The van der Waals surface area contributed by atoms with Crippen molar-refractivity contribution >= 4 is 17.9 Å². The van der Waals surface area contributed by atoms with E-state index in [1.165, 1.54) is 0 Å². The van der Waals surface area contributed by atoms with Crippen LogP contribution in [0.5, 0.6) is 0 Å². The van der Waals surface area contributed by atoms with Gasteiger partial charge in [0.25, 0.3) is 0 Å². The molecule has 1 aliphatic rings. The average molecular weight is 299 g/mol. The third-order valence-corrected chi connectivity index (χ3v) is 3.20. The summed E-state index contributed by atoms with van der Waals surface area (Å²) < 4.78 is 0. The molecule has 7 nitrogen and oxygen atoms in total. The van der Waals surface area contributed by atoms with Crippen molar-refractivity contribution < 1.29 is 19.5 Å². The van der Waals surface area contributed by atoms with Crippen LogP contribution in [0.1, 0.15) is 46.5 Å². The van der Waals surface area contributed by atoms with Gasteiger partial charge in [-0.05, 0) is 24.7 Å². The van der Waals surface area contributed by atoms with Crippen LogP contribution in [-0.4, -0.2) is 41.6 Å². The Morgan fingerprint density at radius 3 is 2.33 bits per heavy atom. The number of carbonyl (C=O) groups excluding carboxylic acids is 2. The highest BCUT2D eigenvalue weighted by Crippen LogP contribution is 2.19. The van der Waals surface area contributed by atoms with E-state index in [4.69, 9.17) is 5.11 Å². The molecule has 0 aliphatic heterocycles. The molecule has 1 rings (SSSR count). The van der Waals surface area contributed by atoms with Crippen molar-refractivity contribution in [1.82, 2.24) is 16.0 Å². The van der Waals surface area contributed by atoms with Gasteiger partial charge >= 0.3 is 12.0 Å². The molecule has 7 heteroatoms. The third kappa shape index (κ3) is 6.97. The fourth-order valence-electron chi connectivity index (χ4n) is 1.81. The van der Waals surface area contributed by atoms with Crippen molar-refractivity contribution in [2.45, 2.75) is 58.5 Å². The maximum Gasteiger partial charge on any atom is 0.326 e. The lowest BCUT2D eigenvalue weighted by Crippen LogP contribution is -2.52. The van der Waals surface area contributed by atoms with E-state index in [1.807, 2.05) is 0 Å². The van der Waals surface area contributed by atoms with Crippen molar-refractivity contribution in [3.05, 3.63) is 0 Å². The molecule has 0 radical (unpaired) electrons. The van der Waals surface area contributed by atoms with Crippen LogP contribution >= 0.6 is 0 Å². The molecule has 4 N–H and O–H groups in total. The SMILES string of the molecule is CC(C)(C)[C@H](NC(=O)NCCCC(=O)NC1CC1)C(=O)O. The fraction of sp³-hybridized carbons (Fsp3) is 0.786. The minimum Gasteiger partial charge on any atom is -0.480 e. The molecule has 0 unspecified atom stereocenters. The van der Waals surface area contributed by atoms with Gasteiger partial charge in [-0.2, -0.15) is 0 Å². The summed E-state index contributed by atoms with van der Waals surface area (Å²) in [5.41, 5.74) is -0.576. The zero-order valence-corrected chi connectivity index (χ0v) is 12.9. The van der Waals surface area contributed by atoms with E-state index >= 15 is 0 Å². The van der Waals surface area contributed by atoms with E-state index in [9.17, 15) is 14.4 Å². The number of carboxylic acid groups (broad SMARTS) is 1. The Bertz CT molecular complexity index is 400.